The van der Waals surface area contributed by atoms with Crippen molar-refractivity contribution in [2.24, 2.45) is 0 Å². The van der Waals surface area contributed by atoms with Gasteiger partial charge in [-0.3, -0.25) is 0 Å². The zero-order valence-corrected chi connectivity index (χ0v) is 15.8. The van der Waals surface area contributed by atoms with E-state index in [0.29, 0.717) is 19.0 Å². The van der Waals surface area contributed by atoms with Gasteiger partial charge in [-0.25, -0.2) is 0 Å². The summed E-state index contributed by atoms with van der Waals surface area (Å²) in [5.74, 6) is 1.20. The second-order valence-corrected chi connectivity index (χ2v) is 7.09. The van der Waals surface area contributed by atoms with Crippen molar-refractivity contribution in [3.63, 3.8) is 0 Å². The highest BCUT2D eigenvalue weighted by atomic mass is 16.5. The van der Waals surface area contributed by atoms with Crippen LogP contribution in [0.25, 0.3) is 0 Å². The summed E-state index contributed by atoms with van der Waals surface area (Å²) in [4.78, 5) is 0. The molecule has 0 saturated carbocycles. The first-order valence-electron chi connectivity index (χ1n) is 9.55. The summed E-state index contributed by atoms with van der Waals surface area (Å²) < 4.78 is 12.0. The molecule has 4 N–H and O–H groups in total. The van der Waals surface area contributed by atoms with Crippen molar-refractivity contribution in [1.29, 1.82) is 0 Å². The maximum absolute atomic E-state index is 9.98. The van der Waals surface area contributed by atoms with Crippen LogP contribution in [0.2, 0.25) is 0 Å². The summed E-state index contributed by atoms with van der Waals surface area (Å²) in [6, 6.07) is 15.7. The lowest BCUT2D eigenvalue weighted by molar-refractivity contribution is -0.460. The van der Waals surface area contributed by atoms with Crippen LogP contribution in [-0.4, -0.2) is 30.5 Å². The molecule has 4 heteroatoms. The minimum atomic E-state index is -0.0583. The van der Waals surface area contributed by atoms with E-state index in [-0.39, 0.29) is 17.6 Å². The number of hydrogen-bond acceptors (Lipinski definition) is 3. The number of aromatic hydroxyl groups is 1. The topological polar surface area (TPSA) is 66.3 Å². The second kappa shape index (κ2) is 8.11. The number of quaternary nitrogens is 1. The average molecular weight is 356 g/mol. The van der Waals surface area contributed by atoms with Crippen LogP contribution in [0.15, 0.2) is 48.5 Å². The van der Waals surface area contributed by atoms with Crippen molar-refractivity contribution in [3.8, 4) is 11.5 Å². The molecule has 0 aliphatic heterocycles. The molecule has 0 heterocycles. The zero-order valence-electron chi connectivity index (χ0n) is 15.8. The second-order valence-electron chi connectivity index (χ2n) is 7.09. The number of phenols is 1. The fourth-order valence-corrected chi connectivity index (χ4v) is 4.33. The quantitative estimate of drug-likeness (QED) is 0.749. The van der Waals surface area contributed by atoms with Crippen LogP contribution in [0.4, 0.5) is 0 Å². The van der Waals surface area contributed by atoms with Crippen LogP contribution < -0.4 is 10.5 Å². The van der Waals surface area contributed by atoms with Crippen LogP contribution in [0.3, 0.4) is 0 Å². The molecule has 4 nitrogen and oxygen atoms in total. The first kappa shape index (κ1) is 18.7. The molecule has 0 spiro atoms. The predicted octanol–water partition coefficient (Wildman–Crippen LogP) is 3.08. The normalized spacial score (nSPS) is 21.2. The summed E-state index contributed by atoms with van der Waals surface area (Å²) >= 11 is 0. The molecule has 26 heavy (non-hydrogen) atoms. The van der Waals surface area contributed by atoms with Gasteiger partial charge < -0.3 is 20.3 Å². The fraction of sp³-hybridized carbons (Fsp3) is 0.455. The lowest BCUT2D eigenvalue weighted by Gasteiger charge is -2.44. The van der Waals surface area contributed by atoms with Gasteiger partial charge in [0.1, 0.15) is 30.3 Å². The number of ether oxygens (including phenoxy) is 2. The van der Waals surface area contributed by atoms with Gasteiger partial charge in [-0.05, 0) is 48.2 Å². The number of para-hydroxylation sites is 1. The van der Waals surface area contributed by atoms with Crippen LogP contribution in [-0.2, 0) is 16.6 Å². The van der Waals surface area contributed by atoms with Crippen LogP contribution in [0.1, 0.15) is 37.8 Å². The van der Waals surface area contributed by atoms with E-state index in [1.807, 2.05) is 42.5 Å². The van der Waals surface area contributed by atoms with E-state index >= 15 is 0 Å². The maximum atomic E-state index is 9.98. The standard InChI is InChI=1S/C22H29NO3/c1-3-22(4-2)19-15-17(24)11-10-16(19)14-20(21(22)23)26-13-12-25-18-8-6-5-7-9-18/h5-11,15,20-21,24H,3-4,12-14,23H2,1-2H3/p+1. The molecule has 0 fully saturated rings. The SMILES string of the molecule is CCC1(CC)c2cc(O)ccc2CC(OCCOc2ccccc2)C1[NH3+]. The molecule has 0 radical (unpaired) electrons. The van der Waals surface area contributed by atoms with Crippen molar-refractivity contribution in [1.82, 2.24) is 0 Å². The Hall–Kier alpha value is -2.04. The Morgan fingerprint density at radius 1 is 1.08 bits per heavy atom. The summed E-state index contributed by atoms with van der Waals surface area (Å²) in [6.07, 6.45) is 2.85. The Labute approximate surface area is 155 Å². The number of benzene rings is 2. The summed E-state index contributed by atoms with van der Waals surface area (Å²) in [5.41, 5.74) is 6.94. The van der Waals surface area contributed by atoms with Crippen molar-refractivity contribution in [2.45, 2.75) is 50.7 Å². The van der Waals surface area contributed by atoms with Gasteiger partial charge in [0.25, 0.3) is 0 Å². The first-order chi connectivity index (χ1) is 12.6. The van der Waals surface area contributed by atoms with Crippen LogP contribution in [0.5, 0.6) is 11.5 Å². The number of rotatable bonds is 7. The number of hydrogen-bond donors (Lipinski definition) is 2. The third-order valence-electron chi connectivity index (χ3n) is 5.90. The molecule has 140 valence electrons. The molecule has 0 amide bonds. The Kier molecular flexibility index (Phi) is 5.84. The third-order valence-corrected chi connectivity index (χ3v) is 5.90. The molecular weight excluding hydrogens is 326 g/mol. The van der Waals surface area contributed by atoms with E-state index in [9.17, 15) is 5.11 Å². The fourth-order valence-electron chi connectivity index (χ4n) is 4.33. The van der Waals surface area contributed by atoms with Gasteiger partial charge in [0.15, 0.2) is 0 Å². The first-order valence-corrected chi connectivity index (χ1v) is 9.55. The van der Waals surface area contributed by atoms with Crippen molar-refractivity contribution in [3.05, 3.63) is 59.7 Å². The third kappa shape index (κ3) is 3.57. The minimum Gasteiger partial charge on any atom is -0.508 e. The monoisotopic (exact) mass is 356 g/mol. The van der Waals surface area contributed by atoms with Gasteiger partial charge in [-0.15, -0.1) is 0 Å². The van der Waals surface area contributed by atoms with E-state index in [4.69, 9.17) is 9.47 Å². The molecule has 2 unspecified atom stereocenters. The molecule has 2 aromatic rings. The zero-order chi connectivity index (χ0) is 18.6. The molecule has 0 bridgehead atoms. The molecule has 2 atom stereocenters. The maximum Gasteiger partial charge on any atom is 0.121 e. The molecule has 1 aliphatic carbocycles. The van der Waals surface area contributed by atoms with E-state index < -0.39 is 0 Å². The molecule has 1 aliphatic rings. The Morgan fingerprint density at radius 3 is 2.50 bits per heavy atom. The number of fused-ring (bicyclic) bond motifs is 1. The Morgan fingerprint density at radius 2 is 1.81 bits per heavy atom. The van der Waals surface area contributed by atoms with Crippen molar-refractivity contribution < 1.29 is 20.3 Å². The molecule has 3 rings (SSSR count). The van der Waals surface area contributed by atoms with Crippen LogP contribution >= 0.6 is 0 Å². The summed E-state index contributed by atoms with van der Waals surface area (Å²) in [5, 5.41) is 9.98. The highest BCUT2D eigenvalue weighted by Gasteiger charge is 2.48. The van der Waals surface area contributed by atoms with Crippen molar-refractivity contribution >= 4 is 0 Å². The predicted molar refractivity (Wildman–Crippen MR) is 102 cm³/mol. The van der Waals surface area contributed by atoms with E-state index in [1.165, 1.54) is 11.1 Å². The highest BCUT2D eigenvalue weighted by molar-refractivity contribution is 5.44. The molecular formula is C22H30NO3+. The average Bonchev–Trinajstić information content (AvgIpc) is 2.67. The Balaban J connectivity index is 1.70. The van der Waals surface area contributed by atoms with Gasteiger partial charge in [-0.2, -0.15) is 0 Å². The minimum absolute atomic E-state index is 0.0583. The van der Waals surface area contributed by atoms with Crippen molar-refractivity contribution in [2.75, 3.05) is 13.2 Å². The molecule has 0 aromatic heterocycles. The van der Waals surface area contributed by atoms with Gasteiger partial charge >= 0.3 is 0 Å². The summed E-state index contributed by atoms with van der Waals surface area (Å²) in [6.45, 7) is 5.48. The van der Waals surface area contributed by atoms with Gasteiger partial charge in [0, 0.05) is 11.8 Å². The van der Waals surface area contributed by atoms with E-state index in [1.54, 1.807) is 6.07 Å². The molecule has 0 saturated heterocycles. The molecule has 2 aromatic carbocycles. The lowest BCUT2D eigenvalue weighted by Crippen LogP contribution is -2.76. The van der Waals surface area contributed by atoms with E-state index in [0.717, 1.165) is 25.0 Å². The van der Waals surface area contributed by atoms with Gasteiger partial charge in [-0.1, -0.05) is 38.1 Å². The largest absolute Gasteiger partial charge is 0.508 e. The van der Waals surface area contributed by atoms with Gasteiger partial charge in [0.2, 0.25) is 0 Å². The smallest absolute Gasteiger partial charge is 0.121 e. The van der Waals surface area contributed by atoms with Crippen LogP contribution in [0, 0.1) is 0 Å². The number of phenolic OH excluding ortho intramolecular Hbond substituents is 1. The Bertz CT molecular complexity index is 713. The van der Waals surface area contributed by atoms with Gasteiger partial charge in [0.05, 0.1) is 6.61 Å². The highest BCUT2D eigenvalue weighted by Crippen LogP contribution is 2.43. The summed E-state index contributed by atoms with van der Waals surface area (Å²) in [7, 11) is 0. The lowest BCUT2D eigenvalue weighted by atomic mass is 9.63. The van der Waals surface area contributed by atoms with E-state index in [2.05, 4.69) is 19.6 Å².